The lowest BCUT2D eigenvalue weighted by Crippen LogP contribution is -2.07. The summed E-state index contributed by atoms with van der Waals surface area (Å²) >= 11 is 0. The Morgan fingerprint density at radius 2 is 1.85 bits per heavy atom. The van der Waals surface area contributed by atoms with Gasteiger partial charge >= 0.3 is 5.97 Å². The Hall–Kier alpha value is -3.08. The number of carbonyl (C=O) groups excluding carboxylic acids is 1. The highest BCUT2D eigenvalue weighted by Gasteiger charge is 2.01. The minimum absolute atomic E-state index is 0.372. The Kier molecular flexibility index (Phi) is 7.43. The van der Waals surface area contributed by atoms with E-state index in [0.29, 0.717) is 6.61 Å². The van der Waals surface area contributed by atoms with Gasteiger partial charge in [-0.25, -0.2) is 9.78 Å². The predicted octanol–water partition coefficient (Wildman–Crippen LogP) is 4.33. The van der Waals surface area contributed by atoms with Gasteiger partial charge in [0.1, 0.15) is 12.4 Å². The number of fused-ring (bicyclic) bond motifs is 1. The lowest BCUT2D eigenvalue weighted by molar-refractivity contribution is -0.134. The highest BCUT2D eigenvalue weighted by atomic mass is 16.5. The fourth-order valence-corrected chi connectivity index (χ4v) is 2.36. The molecule has 136 valence electrons. The van der Waals surface area contributed by atoms with Crippen molar-refractivity contribution in [2.45, 2.75) is 20.4 Å². The van der Waals surface area contributed by atoms with E-state index >= 15 is 0 Å². The number of benzene rings is 2. The van der Waals surface area contributed by atoms with Crippen molar-refractivity contribution in [2.24, 2.45) is 0 Å². The number of esters is 1. The Labute approximate surface area is 153 Å². The third-order valence-electron chi connectivity index (χ3n) is 3.62. The molecule has 0 saturated heterocycles. The van der Waals surface area contributed by atoms with E-state index in [1.807, 2.05) is 68.7 Å². The molecule has 5 heteroatoms. The van der Waals surface area contributed by atoms with Crippen molar-refractivity contribution in [2.75, 3.05) is 13.7 Å². The van der Waals surface area contributed by atoms with Gasteiger partial charge in [0.15, 0.2) is 0 Å². The smallest absolute Gasteiger partial charge is 0.330 e. The van der Waals surface area contributed by atoms with Crippen LogP contribution < -0.4 is 4.74 Å². The van der Waals surface area contributed by atoms with Crippen molar-refractivity contribution in [1.82, 2.24) is 9.55 Å². The molecule has 0 aliphatic heterocycles. The molecule has 0 saturated carbocycles. The maximum Gasteiger partial charge on any atom is 0.330 e. The Morgan fingerprint density at radius 3 is 2.58 bits per heavy atom. The zero-order valence-electron chi connectivity index (χ0n) is 15.4. The molecule has 3 aromatic rings. The van der Waals surface area contributed by atoms with Gasteiger partial charge in [0.05, 0.1) is 31.0 Å². The minimum atomic E-state index is -0.372. The molecule has 5 nitrogen and oxygen atoms in total. The predicted molar refractivity (Wildman–Crippen MR) is 104 cm³/mol. The third-order valence-corrected chi connectivity index (χ3v) is 3.62. The van der Waals surface area contributed by atoms with Crippen LogP contribution in [0.15, 0.2) is 60.9 Å². The number of imidazole rings is 1. The van der Waals surface area contributed by atoms with Crippen molar-refractivity contribution in [3.63, 3.8) is 0 Å². The number of para-hydroxylation sites is 2. The molecule has 0 spiro atoms. The quantitative estimate of drug-likeness (QED) is 0.489. The average Bonchev–Trinajstić information content (AvgIpc) is 3.12. The van der Waals surface area contributed by atoms with Gasteiger partial charge in [-0.2, -0.15) is 0 Å². The molecule has 3 rings (SSSR count). The van der Waals surface area contributed by atoms with Gasteiger partial charge < -0.3 is 14.0 Å². The first kappa shape index (κ1) is 19.2. The van der Waals surface area contributed by atoms with E-state index in [2.05, 4.69) is 14.3 Å². The average molecular weight is 352 g/mol. The van der Waals surface area contributed by atoms with Crippen LogP contribution in [0.2, 0.25) is 0 Å². The fraction of sp³-hybridized carbons (Fsp3) is 0.238. The second kappa shape index (κ2) is 10.0. The number of rotatable bonds is 6. The van der Waals surface area contributed by atoms with Crippen LogP contribution in [0.1, 0.15) is 19.4 Å². The van der Waals surface area contributed by atoms with Gasteiger partial charge in [0.25, 0.3) is 0 Å². The van der Waals surface area contributed by atoms with Crippen LogP contribution in [0.5, 0.6) is 5.75 Å². The van der Waals surface area contributed by atoms with Crippen LogP contribution in [-0.2, 0) is 16.1 Å². The van der Waals surface area contributed by atoms with Gasteiger partial charge in [0.2, 0.25) is 0 Å². The molecule has 1 aromatic heterocycles. The van der Waals surface area contributed by atoms with Gasteiger partial charge in [-0.05, 0) is 35.9 Å². The normalized spacial score (nSPS) is 10.4. The first-order valence-corrected chi connectivity index (χ1v) is 8.65. The molecule has 26 heavy (non-hydrogen) atoms. The van der Waals surface area contributed by atoms with Crippen LogP contribution in [0, 0.1) is 0 Å². The van der Waals surface area contributed by atoms with E-state index in [9.17, 15) is 4.79 Å². The summed E-state index contributed by atoms with van der Waals surface area (Å²) in [7, 11) is 1.35. The Morgan fingerprint density at radius 1 is 1.12 bits per heavy atom. The summed E-state index contributed by atoms with van der Waals surface area (Å²) in [6.07, 6.45) is 4.92. The number of nitrogens with zero attached hydrogens (tertiary/aromatic N) is 2. The zero-order chi connectivity index (χ0) is 18.8. The fourth-order valence-electron chi connectivity index (χ4n) is 2.36. The standard InChI is InChI=1S/C19H18N2O3.C2H6/c1-23-19(22)11-8-15-6-9-16(10-7-15)24-13-12-21-14-20-17-4-2-3-5-18(17)21;1-2/h2-11,14H,12-13H2,1H3;1-2H3/b11-8+;. The van der Waals surface area contributed by atoms with E-state index < -0.39 is 0 Å². The number of hydrogen-bond acceptors (Lipinski definition) is 4. The summed E-state index contributed by atoms with van der Waals surface area (Å²) in [5, 5.41) is 0. The summed E-state index contributed by atoms with van der Waals surface area (Å²) in [6, 6.07) is 15.6. The summed E-state index contributed by atoms with van der Waals surface area (Å²) < 4.78 is 12.4. The van der Waals surface area contributed by atoms with Crippen LogP contribution in [0.25, 0.3) is 17.1 Å². The van der Waals surface area contributed by atoms with Gasteiger partial charge in [-0.3, -0.25) is 0 Å². The molecule has 0 aliphatic carbocycles. The lowest BCUT2D eigenvalue weighted by Gasteiger charge is -2.08. The molecule has 2 aromatic carbocycles. The van der Waals surface area contributed by atoms with E-state index in [1.165, 1.54) is 13.2 Å². The van der Waals surface area contributed by atoms with Crippen LogP contribution in [-0.4, -0.2) is 29.2 Å². The highest BCUT2D eigenvalue weighted by molar-refractivity contribution is 5.86. The molecule has 0 fully saturated rings. The first-order chi connectivity index (χ1) is 12.8. The maximum atomic E-state index is 11.1. The maximum absolute atomic E-state index is 11.1. The first-order valence-electron chi connectivity index (χ1n) is 8.65. The van der Waals surface area contributed by atoms with Crippen molar-refractivity contribution < 1.29 is 14.3 Å². The molecular weight excluding hydrogens is 328 g/mol. The van der Waals surface area contributed by atoms with Crippen molar-refractivity contribution in [1.29, 1.82) is 0 Å². The monoisotopic (exact) mass is 352 g/mol. The molecule has 1 heterocycles. The van der Waals surface area contributed by atoms with Gasteiger partial charge in [-0.1, -0.05) is 38.1 Å². The summed E-state index contributed by atoms with van der Waals surface area (Å²) in [6.45, 7) is 5.28. The van der Waals surface area contributed by atoms with Crippen LogP contribution in [0.3, 0.4) is 0 Å². The number of aromatic nitrogens is 2. The van der Waals surface area contributed by atoms with Gasteiger partial charge in [-0.15, -0.1) is 0 Å². The molecule has 0 atom stereocenters. The van der Waals surface area contributed by atoms with Crippen LogP contribution >= 0.6 is 0 Å². The number of ether oxygens (including phenoxy) is 2. The molecule has 0 amide bonds. The van der Waals surface area contributed by atoms with Crippen molar-refractivity contribution in [3.8, 4) is 5.75 Å². The Balaban J connectivity index is 0.00000117. The Bertz CT molecular complexity index is 851. The van der Waals surface area contributed by atoms with Crippen molar-refractivity contribution >= 4 is 23.1 Å². The highest BCUT2D eigenvalue weighted by Crippen LogP contribution is 2.15. The number of carbonyl (C=O) groups is 1. The van der Waals surface area contributed by atoms with E-state index in [4.69, 9.17) is 4.74 Å². The molecule has 0 radical (unpaired) electrons. The molecule has 0 bridgehead atoms. The molecular formula is C21H24N2O3. The molecule has 0 aliphatic rings. The van der Waals surface area contributed by atoms with Crippen LogP contribution in [0.4, 0.5) is 0 Å². The van der Waals surface area contributed by atoms with E-state index in [-0.39, 0.29) is 5.97 Å². The topological polar surface area (TPSA) is 53.4 Å². The van der Waals surface area contributed by atoms with Gasteiger partial charge in [0, 0.05) is 6.08 Å². The lowest BCUT2D eigenvalue weighted by atomic mass is 10.2. The zero-order valence-corrected chi connectivity index (χ0v) is 15.4. The largest absolute Gasteiger partial charge is 0.492 e. The second-order valence-corrected chi connectivity index (χ2v) is 5.20. The van der Waals surface area contributed by atoms with Crippen molar-refractivity contribution in [3.05, 3.63) is 66.5 Å². The molecule has 0 unspecified atom stereocenters. The van der Waals surface area contributed by atoms with E-state index in [0.717, 1.165) is 28.9 Å². The number of methoxy groups -OCH3 is 1. The van der Waals surface area contributed by atoms with E-state index in [1.54, 1.807) is 6.08 Å². The third kappa shape index (κ3) is 5.21. The molecule has 0 N–H and O–H groups in total. The number of hydrogen-bond donors (Lipinski definition) is 0. The summed E-state index contributed by atoms with van der Waals surface area (Å²) in [5.74, 6) is 0.414. The minimum Gasteiger partial charge on any atom is -0.492 e. The summed E-state index contributed by atoms with van der Waals surface area (Å²) in [4.78, 5) is 15.4. The summed E-state index contributed by atoms with van der Waals surface area (Å²) in [5.41, 5.74) is 3.00. The SMILES string of the molecule is CC.COC(=O)/C=C/c1ccc(OCCn2cnc3ccccc32)cc1. The second-order valence-electron chi connectivity index (χ2n) is 5.20.